The first kappa shape index (κ1) is 16.5. The summed E-state index contributed by atoms with van der Waals surface area (Å²) in [6.07, 6.45) is 0. The lowest BCUT2D eigenvalue weighted by Gasteiger charge is -2.05. The van der Waals surface area contributed by atoms with Crippen molar-refractivity contribution >= 4 is 17.2 Å². The lowest BCUT2D eigenvalue weighted by molar-refractivity contribution is 0.0949. The van der Waals surface area contributed by atoms with Gasteiger partial charge in [-0.15, -0.1) is 11.3 Å². The molecular formula is C15H18FN3O2S. The number of nitrogens with one attached hydrogen (secondary N) is 2. The predicted octanol–water partition coefficient (Wildman–Crippen LogP) is 1.91. The molecule has 22 heavy (non-hydrogen) atoms. The van der Waals surface area contributed by atoms with Crippen LogP contribution in [0.1, 0.15) is 10.5 Å². The Morgan fingerprint density at radius 1 is 1.32 bits per heavy atom. The Bertz CT molecular complexity index is 618. The van der Waals surface area contributed by atoms with Crippen molar-refractivity contribution in [2.75, 3.05) is 33.4 Å². The van der Waals surface area contributed by atoms with Crippen LogP contribution in [-0.2, 0) is 4.74 Å². The molecule has 7 heteroatoms. The van der Waals surface area contributed by atoms with E-state index in [1.165, 1.54) is 17.4 Å². The summed E-state index contributed by atoms with van der Waals surface area (Å²) < 4.78 is 18.6. The largest absolute Gasteiger partial charge is 0.383 e. The third kappa shape index (κ3) is 4.59. The van der Waals surface area contributed by atoms with Crippen LogP contribution in [0, 0.1) is 5.82 Å². The third-order valence-corrected chi connectivity index (χ3v) is 3.79. The first-order valence-corrected chi connectivity index (χ1v) is 7.78. The summed E-state index contributed by atoms with van der Waals surface area (Å²) in [7, 11) is 1.64. The van der Waals surface area contributed by atoms with Gasteiger partial charge < -0.3 is 15.4 Å². The van der Waals surface area contributed by atoms with Gasteiger partial charge in [0.2, 0.25) is 0 Å². The Hall–Kier alpha value is -1.83. The summed E-state index contributed by atoms with van der Waals surface area (Å²) in [4.78, 5) is 16.1. The molecule has 0 aliphatic heterocycles. The van der Waals surface area contributed by atoms with Crippen LogP contribution < -0.4 is 10.6 Å². The molecule has 0 saturated carbocycles. The summed E-state index contributed by atoms with van der Waals surface area (Å²) in [5.41, 5.74) is 0.716. The van der Waals surface area contributed by atoms with Crippen molar-refractivity contribution in [2.24, 2.45) is 0 Å². The minimum absolute atomic E-state index is 0.257. The van der Waals surface area contributed by atoms with Crippen molar-refractivity contribution in [3.8, 4) is 10.6 Å². The molecule has 1 aromatic heterocycles. The van der Waals surface area contributed by atoms with Gasteiger partial charge in [0, 0.05) is 37.7 Å². The van der Waals surface area contributed by atoms with E-state index in [9.17, 15) is 9.18 Å². The molecule has 0 radical (unpaired) electrons. The fraction of sp³-hybridized carbons (Fsp3) is 0.333. The maximum atomic E-state index is 13.7. The second kappa shape index (κ2) is 8.57. The van der Waals surface area contributed by atoms with Crippen LogP contribution in [0.5, 0.6) is 0 Å². The molecule has 1 amide bonds. The van der Waals surface area contributed by atoms with Gasteiger partial charge in [-0.3, -0.25) is 4.79 Å². The highest BCUT2D eigenvalue weighted by Gasteiger charge is 2.13. The maximum absolute atomic E-state index is 13.7. The van der Waals surface area contributed by atoms with Gasteiger partial charge in [-0.1, -0.05) is 12.1 Å². The zero-order valence-corrected chi connectivity index (χ0v) is 13.1. The standard InChI is InChI=1S/C15H18FN3O2S/c1-21-9-8-17-6-7-18-14(20)13-10-22-15(19-13)11-4-2-3-5-12(11)16/h2-5,10,17H,6-9H2,1H3,(H,18,20). The number of nitrogens with zero attached hydrogens (tertiary/aromatic N) is 1. The number of hydrogen-bond acceptors (Lipinski definition) is 5. The SMILES string of the molecule is COCCNCCNC(=O)c1csc(-c2ccccc2F)n1. The number of ether oxygens (including phenoxy) is 1. The Morgan fingerprint density at radius 3 is 2.91 bits per heavy atom. The summed E-state index contributed by atoms with van der Waals surface area (Å²) in [6, 6.07) is 6.39. The highest BCUT2D eigenvalue weighted by molar-refractivity contribution is 7.13. The number of aromatic nitrogens is 1. The number of halogens is 1. The van der Waals surface area contributed by atoms with E-state index in [2.05, 4.69) is 15.6 Å². The van der Waals surface area contributed by atoms with Crippen LogP contribution in [0.3, 0.4) is 0 Å². The van der Waals surface area contributed by atoms with Gasteiger partial charge >= 0.3 is 0 Å². The summed E-state index contributed by atoms with van der Waals surface area (Å²) in [5, 5.41) is 8.02. The zero-order chi connectivity index (χ0) is 15.8. The molecule has 0 saturated heterocycles. The first-order chi connectivity index (χ1) is 10.7. The number of benzene rings is 1. The molecule has 5 nitrogen and oxygen atoms in total. The van der Waals surface area contributed by atoms with E-state index in [0.717, 1.165) is 6.54 Å². The average Bonchev–Trinajstić information content (AvgIpc) is 3.01. The molecular weight excluding hydrogens is 305 g/mol. The Labute approximate surface area is 132 Å². The Kier molecular flexibility index (Phi) is 6.45. The monoisotopic (exact) mass is 323 g/mol. The molecule has 2 rings (SSSR count). The highest BCUT2D eigenvalue weighted by atomic mass is 32.1. The molecule has 0 aliphatic carbocycles. The van der Waals surface area contributed by atoms with Crippen molar-refractivity contribution in [2.45, 2.75) is 0 Å². The van der Waals surface area contributed by atoms with Crippen LogP contribution >= 0.6 is 11.3 Å². The predicted molar refractivity (Wildman–Crippen MR) is 84.6 cm³/mol. The topological polar surface area (TPSA) is 63.2 Å². The van der Waals surface area contributed by atoms with E-state index in [0.29, 0.717) is 36.0 Å². The van der Waals surface area contributed by atoms with E-state index in [1.54, 1.807) is 30.7 Å². The Morgan fingerprint density at radius 2 is 2.14 bits per heavy atom. The second-order valence-electron chi connectivity index (χ2n) is 4.52. The van der Waals surface area contributed by atoms with E-state index in [1.807, 2.05) is 0 Å². The fourth-order valence-electron chi connectivity index (χ4n) is 1.79. The Balaban J connectivity index is 1.86. The van der Waals surface area contributed by atoms with Crippen LogP contribution in [0.15, 0.2) is 29.6 Å². The number of amides is 1. The molecule has 0 atom stereocenters. The number of rotatable bonds is 8. The van der Waals surface area contributed by atoms with Gasteiger partial charge in [0.05, 0.1) is 6.61 Å². The highest BCUT2D eigenvalue weighted by Crippen LogP contribution is 2.25. The van der Waals surface area contributed by atoms with Crippen molar-refractivity contribution < 1.29 is 13.9 Å². The van der Waals surface area contributed by atoms with Crippen molar-refractivity contribution in [1.82, 2.24) is 15.6 Å². The molecule has 0 spiro atoms. The van der Waals surface area contributed by atoms with Crippen LogP contribution in [0.2, 0.25) is 0 Å². The number of carbonyl (C=O) groups excluding carboxylic acids is 1. The van der Waals surface area contributed by atoms with Crippen LogP contribution in [0.25, 0.3) is 10.6 Å². The molecule has 1 aromatic carbocycles. The number of thiazole rings is 1. The lowest BCUT2D eigenvalue weighted by atomic mass is 10.2. The normalized spacial score (nSPS) is 10.6. The number of carbonyl (C=O) groups is 1. The fourth-order valence-corrected chi connectivity index (χ4v) is 2.62. The van der Waals surface area contributed by atoms with E-state index < -0.39 is 0 Å². The minimum Gasteiger partial charge on any atom is -0.383 e. The summed E-state index contributed by atoms with van der Waals surface area (Å²) in [5.74, 6) is -0.599. The molecule has 0 unspecified atom stereocenters. The summed E-state index contributed by atoms with van der Waals surface area (Å²) in [6.45, 7) is 2.51. The number of methoxy groups -OCH3 is 1. The van der Waals surface area contributed by atoms with Gasteiger partial charge in [-0.05, 0) is 12.1 Å². The lowest BCUT2D eigenvalue weighted by Crippen LogP contribution is -2.33. The molecule has 0 aliphatic rings. The van der Waals surface area contributed by atoms with Crippen molar-refractivity contribution in [1.29, 1.82) is 0 Å². The van der Waals surface area contributed by atoms with Crippen molar-refractivity contribution in [3.63, 3.8) is 0 Å². The van der Waals surface area contributed by atoms with E-state index in [4.69, 9.17) is 4.74 Å². The maximum Gasteiger partial charge on any atom is 0.270 e. The zero-order valence-electron chi connectivity index (χ0n) is 12.3. The molecule has 0 fully saturated rings. The van der Waals surface area contributed by atoms with Gasteiger partial charge in [0.1, 0.15) is 16.5 Å². The smallest absolute Gasteiger partial charge is 0.270 e. The molecule has 0 bridgehead atoms. The third-order valence-electron chi connectivity index (χ3n) is 2.91. The van der Waals surface area contributed by atoms with E-state index >= 15 is 0 Å². The second-order valence-corrected chi connectivity index (χ2v) is 5.37. The number of hydrogen-bond donors (Lipinski definition) is 2. The molecule has 2 N–H and O–H groups in total. The quantitative estimate of drug-likeness (QED) is 0.729. The van der Waals surface area contributed by atoms with E-state index in [-0.39, 0.29) is 11.7 Å². The van der Waals surface area contributed by atoms with Gasteiger partial charge in [-0.25, -0.2) is 9.37 Å². The van der Waals surface area contributed by atoms with Gasteiger partial charge in [0.25, 0.3) is 5.91 Å². The molecule has 1 heterocycles. The molecule has 118 valence electrons. The summed E-state index contributed by atoms with van der Waals surface area (Å²) >= 11 is 1.25. The van der Waals surface area contributed by atoms with Crippen LogP contribution in [0.4, 0.5) is 4.39 Å². The minimum atomic E-state index is -0.342. The van der Waals surface area contributed by atoms with Gasteiger partial charge in [0.15, 0.2) is 0 Å². The van der Waals surface area contributed by atoms with Gasteiger partial charge in [-0.2, -0.15) is 0 Å². The van der Waals surface area contributed by atoms with Crippen LogP contribution in [-0.4, -0.2) is 44.2 Å². The molecule has 2 aromatic rings. The first-order valence-electron chi connectivity index (χ1n) is 6.90. The van der Waals surface area contributed by atoms with Crippen molar-refractivity contribution in [3.05, 3.63) is 41.2 Å². The average molecular weight is 323 g/mol.